The maximum atomic E-state index is 12.3. The van der Waals surface area contributed by atoms with Gasteiger partial charge >= 0.3 is 0 Å². The number of rotatable bonds is 6. The minimum absolute atomic E-state index is 0.120. The lowest BCUT2D eigenvalue weighted by Gasteiger charge is -2.17. The van der Waals surface area contributed by atoms with Gasteiger partial charge in [0.05, 0.1) is 4.90 Å². The predicted octanol–water partition coefficient (Wildman–Crippen LogP) is 0.588. The molecular formula is C13H21N3O3S. The largest absolute Gasteiger partial charge is 0.398 e. The summed E-state index contributed by atoms with van der Waals surface area (Å²) in [6.45, 7) is 2.08. The highest BCUT2D eigenvalue weighted by atomic mass is 32.2. The third kappa shape index (κ3) is 3.71. The molecule has 1 aromatic rings. The molecule has 0 atom stereocenters. The Kier molecular flexibility index (Phi) is 5.52. The Labute approximate surface area is 120 Å². The van der Waals surface area contributed by atoms with Crippen LogP contribution in [-0.2, 0) is 21.2 Å². The zero-order valence-corrected chi connectivity index (χ0v) is 12.8. The van der Waals surface area contributed by atoms with Crippen LogP contribution < -0.4 is 11.1 Å². The molecule has 1 aromatic carbocycles. The Morgan fingerprint density at radius 3 is 2.55 bits per heavy atom. The lowest BCUT2D eigenvalue weighted by atomic mass is 10.1. The van der Waals surface area contributed by atoms with E-state index in [-0.39, 0.29) is 23.8 Å². The van der Waals surface area contributed by atoms with Crippen LogP contribution in [0.5, 0.6) is 0 Å². The summed E-state index contributed by atoms with van der Waals surface area (Å²) in [6.07, 6.45) is 0.868. The summed E-state index contributed by atoms with van der Waals surface area (Å²) < 4.78 is 25.8. The van der Waals surface area contributed by atoms with Crippen molar-refractivity contribution in [1.82, 2.24) is 9.62 Å². The molecule has 20 heavy (non-hydrogen) atoms. The molecule has 112 valence electrons. The predicted molar refractivity (Wildman–Crippen MR) is 78.7 cm³/mol. The van der Waals surface area contributed by atoms with Crippen LogP contribution in [0.25, 0.3) is 0 Å². The summed E-state index contributed by atoms with van der Waals surface area (Å²) in [5, 5.41) is 2.46. The van der Waals surface area contributed by atoms with E-state index in [1.54, 1.807) is 12.1 Å². The highest BCUT2D eigenvalue weighted by molar-refractivity contribution is 7.89. The second kappa shape index (κ2) is 6.71. The van der Waals surface area contributed by atoms with E-state index in [0.717, 1.165) is 16.3 Å². The second-order valence-corrected chi connectivity index (χ2v) is 6.51. The van der Waals surface area contributed by atoms with Gasteiger partial charge in [-0.3, -0.25) is 4.79 Å². The zero-order valence-electron chi connectivity index (χ0n) is 12.0. The van der Waals surface area contributed by atoms with Crippen molar-refractivity contribution in [2.75, 3.05) is 26.4 Å². The Bertz CT molecular complexity index is 585. The van der Waals surface area contributed by atoms with Crippen LogP contribution in [0.15, 0.2) is 23.1 Å². The molecule has 0 fully saturated rings. The van der Waals surface area contributed by atoms with Gasteiger partial charge in [0, 0.05) is 32.7 Å². The molecular weight excluding hydrogens is 278 g/mol. The van der Waals surface area contributed by atoms with Gasteiger partial charge < -0.3 is 11.1 Å². The van der Waals surface area contributed by atoms with Gasteiger partial charge in [-0.2, -0.15) is 0 Å². The first kappa shape index (κ1) is 16.5. The number of aryl methyl sites for hydroxylation is 1. The Hall–Kier alpha value is -1.60. The molecule has 0 saturated heterocycles. The van der Waals surface area contributed by atoms with Gasteiger partial charge in [-0.1, -0.05) is 13.0 Å². The van der Waals surface area contributed by atoms with Crippen LogP contribution in [-0.4, -0.2) is 39.3 Å². The number of amides is 1. The fourth-order valence-electron chi connectivity index (χ4n) is 1.74. The second-order valence-electron chi connectivity index (χ2n) is 4.46. The average molecular weight is 299 g/mol. The molecule has 0 saturated carbocycles. The van der Waals surface area contributed by atoms with Crippen molar-refractivity contribution in [2.24, 2.45) is 0 Å². The molecule has 0 radical (unpaired) electrons. The van der Waals surface area contributed by atoms with E-state index >= 15 is 0 Å². The van der Waals surface area contributed by atoms with Crippen molar-refractivity contribution in [1.29, 1.82) is 0 Å². The Morgan fingerprint density at radius 2 is 2.05 bits per heavy atom. The van der Waals surface area contributed by atoms with Gasteiger partial charge in [0.2, 0.25) is 15.9 Å². The summed E-state index contributed by atoms with van der Waals surface area (Å²) in [6, 6.07) is 4.72. The first-order chi connectivity index (χ1) is 9.32. The molecule has 1 rings (SSSR count). The fraction of sp³-hybridized carbons (Fsp3) is 0.462. The topological polar surface area (TPSA) is 92.5 Å². The lowest BCUT2D eigenvalue weighted by Crippen LogP contribution is -2.31. The van der Waals surface area contributed by atoms with Crippen LogP contribution in [0.3, 0.4) is 0 Å². The van der Waals surface area contributed by atoms with Gasteiger partial charge in [0.1, 0.15) is 0 Å². The van der Waals surface area contributed by atoms with E-state index < -0.39 is 10.0 Å². The molecule has 0 aromatic heterocycles. The summed E-state index contributed by atoms with van der Waals surface area (Å²) in [4.78, 5) is 11.3. The highest BCUT2D eigenvalue weighted by Crippen LogP contribution is 2.21. The normalized spacial score (nSPS) is 11.6. The highest BCUT2D eigenvalue weighted by Gasteiger charge is 2.21. The summed E-state index contributed by atoms with van der Waals surface area (Å²) in [7, 11) is -0.656. The average Bonchev–Trinajstić information content (AvgIpc) is 2.43. The van der Waals surface area contributed by atoms with Crippen molar-refractivity contribution in [3.05, 3.63) is 23.8 Å². The fourth-order valence-corrected chi connectivity index (χ4v) is 2.95. The first-order valence-electron chi connectivity index (χ1n) is 6.38. The minimum Gasteiger partial charge on any atom is -0.398 e. The summed E-state index contributed by atoms with van der Waals surface area (Å²) in [5.74, 6) is -0.201. The monoisotopic (exact) mass is 299 g/mol. The van der Waals surface area contributed by atoms with Crippen molar-refractivity contribution < 1.29 is 13.2 Å². The number of nitrogens with two attached hydrogens (primary N) is 1. The van der Waals surface area contributed by atoms with Gasteiger partial charge in [-0.15, -0.1) is 0 Å². The maximum Gasteiger partial charge on any atom is 0.242 e. The van der Waals surface area contributed by atoms with Crippen LogP contribution >= 0.6 is 0 Å². The van der Waals surface area contributed by atoms with E-state index in [1.165, 1.54) is 20.2 Å². The standard InChI is InChI=1S/C13H21N3O3S/c1-4-10-5-6-11(9-12(10)14)20(18,19)16(3)8-7-13(17)15-2/h5-6,9H,4,7-8,14H2,1-3H3,(H,15,17). The molecule has 0 bridgehead atoms. The van der Waals surface area contributed by atoms with Crippen molar-refractivity contribution in [2.45, 2.75) is 24.7 Å². The number of nitrogens with one attached hydrogen (secondary N) is 1. The van der Waals surface area contributed by atoms with Gasteiger partial charge in [-0.05, 0) is 24.1 Å². The first-order valence-corrected chi connectivity index (χ1v) is 7.82. The number of nitrogens with zero attached hydrogens (tertiary/aromatic N) is 1. The number of sulfonamides is 1. The Balaban J connectivity index is 2.92. The Morgan fingerprint density at radius 1 is 1.40 bits per heavy atom. The third-order valence-electron chi connectivity index (χ3n) is 3.14. The smallest absolute Gasteiger partial charge is 0.242 e. The molecule has 0 aliphatic heterocycles. The quantitative estimate of drug-likeness (QED) is 0.752. The van der Waals surface area contributed by atoms with Gasteiger partial charge in [0.25, 0.3) is 0 Å². The number of benzene rings is 1. The number of carbonyl (C=O) groups excluding carboxylic acids is 1. The van der Waals surface area contributed by atoms with Crippen molar-refractivity contribution >= 4 is 21.6 Å². The van der Waals surface area contributed by atoms with E-state index in [2.05, 4.69) is 5.32 Å². The number of nitrogen functional groups attached to an aromatic ring is 1. The number of carbonyl (C=O) groups is 1. The molecule has 1 amide bonds. The summed E-state index contributed by atoms with van der Waals surface area (Å²) >= 11 is 0. The molecule has 0 spiro atoms. The molecule has 0 aliphatic carbocycles. The molecule has 0 aliphatic rings. The van der Waals surface area contributed by atoms with E-state index in [0.29, 0.717) is 5.69 Å². The van der Waals surface area contributed by atoms with Crippen LogP contribution in [0.2, 0.25) is 0 Å². The van der Waals surface area contributed by atoms with E-state index in [9.17, 15) is 13.2 Å². The molecule has 6 nitrogen and oxygen atoms in total. The van der Waals surface area contributed by atoms with Crippen LogP contribution in [0.1, 0.15) is 18.9 Å². The molecule has 3 N–H and O–H groups in total. The SMILES string of the molecule is CCc1ccc(S(=O)(=O)N(C)CCC(=O)NC)cc1N. The van der Waals surface area contributed by atoms with Crippen molar-refractivity contribution in [3.63, 3.8) is 0 Å². The summed E-state index contributed by atoms with van der Waals surface area (Å²) in [5.41, 5.74) is 7.21. The maximum absolute atomic E-state index is 12.3. The molecule has 0 heterocycles. The van der Waals surface area contributed by atoms with Crippen LogP contribution in [0, 0.1) is 0 Å². The minimum atomic E-state index is -3.62. The number of anilines is 1. The van der Waals surface area contributed by atoms with E-state index in [4.69, 9.17) is 5.73 Å². The number of hydrogen-bond donors (Lipinski definition) is 2. The van der Waals surface area contributed by atoms with Crippen LogP contribution in [0.4, 0.5) is 5.69 Å². The van der Waals surface area contributed by atoms with Gasteiger partial charge in [-0.25, -0.2) is 12.7 Å². The van der Waals surface area contributed by atoms with Crippen molar-refractivity contribution in [3.8, 4) is 0 Å². The zero-order chi connectivity index (χ0) is 15.3. The lowest BCUT2D eigenvalue weighted by molar-refractivity contribution is -0.120. The van der Waals surface area contributed by atoms with Gasteiger partial charge in [0.15, 0.2) is 0 Å². The number of hydrogen-bond acceptors (Lipinski definition) is 4. The molecule has 0 unspecified atom stereocenters. The third-order valence-corrected chi connectivity index (χ3v) is 4.99. The molecule has 7 heteroatoms. The van der Waals surface area contributed by atoms with E-state index in [1.807, 2.05) is 6.92 Å².